The van der Waals surface area contributed by atoms with E-state index in [-0.39, 0.29) is 48.9 Å². The summed E-state index contributed by atoms with van der Waals surface area (Å²) in [5.41, 5.74) is 8.30. The van der Waals surface area contributed by atoms with Gasteiger partial charge in [0.2, 0.25) is 5.91 Å². The van der Waals surface area contributed by atoms with Crippen LogP contribution in [0, 0.1) is 12.7 Å². The maximum Gasteiger partial charge on any atom is 0.433 e. The Bertz CT molecular complexity index is 1930. The fourth-order valence-corrected chi connectivity index (χ4v) is 7.63. The van der Waals surface area contributed by atoms with Crippen molar-refractivity contribution in [2.45, 2.75) is 114 Å². The lowest BCUT2D eigenvalue weighted by molar-refractivity contribution is -0.141. The largest absolute Gasteiger partial charge is 0.433 e. The number of rotatable bonds is 10. The molecule has 3 aliphatic carbocycles. The standard InChI is InChI=1S/C36H39F4N7O3/c1-18-15-35(34(49)43-33(44-35)24-9-10-28(36(38,39)40)42-31(24)20-3-4-20)11-12-46(18)27-14-22(13-26(37)25(27)17-50-23-7-8-23)30-19(2)45-47(16-29(41)48)32(30)21-5-6-21/h9-10,13-14,18,20-21,23H,3-8,11-12,15-17H2,1-2H3,(H2,41,48)(H,43,44,49)/t18-,35+/m0/s1. The highest BCUT2D eigenvalue weighted by atomic mass is 19.4. The van der Waals surface area contributed by atoms with Gasteiger partial charge in [-0.25, -0.2) is 9.37 Å². The fraction of sp³-hybridized carbons (Fsp3) is 0.528. The van der Waals surface area contributed by atoms with Crippen molar-refractivity contribution in [3.8, 4) is 11.1 Å². The van der Waals surface area contributed by atoms with Gasteiger partial charge in [0.1, 0.15) is 29.4 Å². The van der Waals surface area contributed by atoms with Gasteiger partial charge < -0.3 is 20.7 Å². The minimum absolute atomic E-state index is 0.0597. The zero-order valence-electron chi connectivity index (χ0n) is 27.9. The Morgan fingerprint density at radius 3 is 2.50 bits per heavy atom. The second-order valence-corrected chi connectivity index (χ2v) is 14.6. The van der Waals surface area contributed by atoms with Crippen LogP contribution in [0.3, 0.4) is 0 Å². The smallest absolute Gasteiger partial charge is 0.373 e. The highest BCUT2D eigenvalue weighted by Gasteiger charge is 2.49. The number of piperidine rings is 1. The van der Waals surface area contributed by atoms with E-state index in [1.165, 1.54) is 12.1 Å². The molecule has 4 fully saturated rings. The lowest BCUT2D eigenvalue weighted by atomic mass is 9.83. The molecule has 0 bridgehead atoms. The van der Waals surface area contributed by atoms with E-state index < -0.39 is 29.1 Å². The Labute approximate surface area is 286 Å². The molecule has 3 aromatic rings. The summed E-state index contributed by atoms with van der Waals surface area (Å²) in [7, 11) is 0. The number of nitrogens with zero attached hydrogens (tertiary/aromatic N) is 5. The first-order valence-electron chi connectivity index (χ1n) is 17.4. The Balaban J connectivity index is 1.13. The molecule has 0 radical (unpaired) electrons. The molecule has 1 saturated heterocycles. The van der Waals surface area contributed by atoms with Gasteiger partial charge in [0.15, 0.2) is 0 Å². The van der Waals surface area contributed by atoms with E-state index in [0.717, 1.165) is 55.8 Å². The fourth-order valence-electron chi connectivity index (χ4n) is 7.63. The minimum atomic E-state index is -4.58. The highest BCUT2D eigenvalue weighted by molar-refractivity contribution is 6.16. The monoisotopic (exact) mass is 693 g/mol. The van der Waals surface area contributed by atoms with E-state index in [4.69, 9.17) is 15.5 Å². The molecule has 2 amide bonds. The average Bonchev–Trinajstić information content (AvgIpc) is 3.92. The zero-order chi connectivity index (χ0) is 35.1. The number of aromatic nitrogens is 3. The molecule has 2 aliphatic heterocycles. The van der Waals surface area contributed by atoms with E-state index in [9.17, 15) is 22.8 Å². The van der Waals surface area contributed by atoms with Crippen LogP contribution in [0.25, 0.3) is 11.1 Å². The molecule has 5 aliphatic rings. The third-order valence-corrected chi connectivity index (χ3v) is 10.5. The van der Waals surface area contributed by atoms with Crippen molar-refractivity contribution in [1.29, 1.82) is 0 Å². The van der Waals surface area contributed by atoms with Gasteiger partial charge in [-0.15, -0.1) is 0 Å². The first kappa shape index (κ1) is 32.9. The number of aliphatic imine (C=N–C) groups is 1. The summed E-state index contributed by atoms with van der Waals surface area (Å²) in [5.74, 6) is -0.857. The first-order valence-corrected chi connectivity index (χ1v) is 17.4. The minimum Gasteiger partial charge on any atom is -0.373 e. The summed E-state index contributed by atoms with van der Waals surface area (Å²) in [6, 6.07) is 5.53. The first-order chi connectivity index (χ1) is 23.8. The number of pyridine rings is 1. The van der Waals surface area contributed by atoms with Gasteiger partial charge in [0.05, 0.1) is 29.8 Å². The molecule has 3 saturated carbocycles. The van der Waals surface area contributed by atoms with Crippen LogP contribution in [0.5, 0.6) is 0 Å². The van der Waals surface area contributed by atoms with Gasteiger partial charge in [-0.05, 0) is 88.6 Å². The summed E-state index contributed by atoms with van der Waals surface area (Å²) < 4.78 is 64.4. The predicted octanol–water partition coefficient (Wildman–Crippen LogP) is 5.63. The van der Waals surface area contributed by atoms with Crippen molar-refractivity contribution in [1.82, 2.24) is 20.1 Å². The number of aryl methyl sites for hydroxylation is 1. The third-order valence-electron chi connectivity index (χ3n) is 10.5. The van der Waals surface area contributed by atoms with E-state index in [2.05, 4.69) is 20.3 Å². The molecule has 1 aromatic carbocycles. The predicted molar refractivity (Wildman–Crippen MR) is 176 cm³/mol. The normalized spacial score (nSPS) is 23.8. The number of amidine groups is 1. The van der Waals surface area contributed by atoms with Crippen molar-refractivity contribution >= 4 is 23.3 Å². The number of hydrogen-bond acceptors (Lipinski definition) is 7. The van der Waals surface area contributed by atoms with Gasteiger partial charge in [-0.3, -0.25) is 19.3 Å². The molecular weight excluding hydrogens is 654 g/mol. The molecule has 8 rings (SSSR count). The number of ether oxygens (including phenoxy) is 1. The number of halogens is 4. The second kappa shape index (κ2) is 11.9. The summed E-state index contributed by atoms with van der Waals surface area (Å²) in [5, 5.41) is 7.50. The third kappa shape index (κ3) is 6.05. The molecule has 50 heavy (non-hydrogen) atoms. The number of hydrogen-bond donors (Lipinski definition) is 2. The number of amides is 2. The summed E-state index contributed by atoms with van der Waals surface area (Å²) in [4.78, 5) is 36.5. The van der Waals surface area contributed by atoms with E-state index in [1.54, 1.807) is 4.68 Å². The number of anilines is 1. The summed E-state index contributed by atoms with van der Waals surface area (Å²) in [6.07, 6.45) is 1.39. The van der Waals surface area contributed by atoms with Crippen molar-refractivity contribution < 1.29 is 31.9 Å². The molecule has 10 nitrogen and oxygen atoms in total. The number of benzene rings is 1. The molecule has 3 N–H and O–H groups in total. The SMILES string of the molecule is Cc1nn(CC(N)=O)c(C2CC2)c1-c1cc(F)c(COC2CC2)c(N2CC[C@]3(C[C@@H]2C)N=C(c2ccc(C(F)(F)F)nc2C2CC2)NC3=O)c1. The Kier molecular flexibility index (Phi) is 7.81. The van der Waals surface area contributed by atoms with E-state index in [1.807, 2.05) is 19.9 Å². The van der Waals surface area contributed by atoms with Crippen LogP contribution in [0.1, 0.15) is 104 Å². The van der Waals surface area contributed by atoms with E-state index in [0.29, 0.717) is 53.2 Å². The quantitative estimate of drug-likeness (QED) is 0.265. The Morgan fingerprint density at radius 1 is 1.12 bits per heavy atom. The molecule has 2 aromatic heterocycles. The molecule has 14 heteroatoms. The number of nitrogens with one attached hydrogen (secondary N) is 1. The molecule has 264 valence electrons. The van der Waals surface area contributed by atoms with Gasteiger partial charge in [0.25, 0.3) is 5.91 Å². The lowest BCUT2D eigenvalue weighted by Crippen LogP contribution is -2.53. The molecule has 1 spiro atoms. The topological polar surface area (TPSA) is 128 Å². The summed E-state index contributed by atoms with van der Waals surface area (Å²) >= 11 is 0. The lowest BCUT2D eigenvalue weighted by Gasteiger charge is -2.43. The number of primary amides is 1. The van der Waals surface area contributed by atoms with Crippen LogP contribution < -0.4 is 16.0 Å². The van der Waals surface area contributed by atoms with E-state index >= 15 is 4.39 Å². The van der Waals surface area contributed by atoms with Gasteiger partial charge >= 0.3 is 6.18 Å². The second-order valence-electron chi connectivity index (χ2n) is 14.6. The number of carbonyl (C=O) groups excluding carboxylic acids is 2. The Hall–Kier alpha value is -4.33. The van der Waals surface area contributed by atoms with Gasteiger partial charge in [-0.2, -0.15) is 18.3 Å². The van der Waals surface area contributed by atoms with Crippen molar-refractivity contribution in [3.63, 3.8) is 0 Å². The molecule has 2 atom stereocenters. The van der Waals surface area contributed by atoms with Gasteiger partial charge in [-0.1, -0.05) is 0 Å². The molecular formula is C36H39F4N7O3. The van der Waals surface area contributed by atoms with Gasteiger partial charge in [0, 0.05) is 53.2 Å². The van der Waals surface area contributed by atoms with Crippen molar-refractivity contribution in [2.24, 2.45) is 10.7 Å². The number of alkyl halides is 3. The van der Waals surface area contributed by atoms with Crippen LogP contribution in [0.2, 0.25) is 0 Å². The van der Waals surface area contributed by atoms with Crippen molar-refractivity contribution in [2.75, 3.05) is 11.4 Å². The number of carbonyl (C=O) groups is 2. The molecule has 0 unspecified atom stereocenters. The van der Waals surface area contributed by atoms with Crippen molar-refractivity contribution in [3.05, 3.63) is 64.0 Å². The van der Waals surface area contributed by atoms with Crippen LogP contribution in [-0.4, -0.2) is 56.6 Å². The maximum atomic E-state index is 16.3. The summed E-state index contributed by atoms with van der Waals surface area (Å²) in [6.45, 7) is 4.24. The Morgan fingerprint density at radius 2 is 1.86 bits per heavy atom. The van der Waals surface area contributed by atoms with Crippen LogP contribution in [0.4, 0.5) is 23.2 Å². The average molecular weight is 694 g/mol. The zero-order valence-corrected chi connectivity index (χ0v) is 27.9. The number of nitrogens with two attached hydrogens (primary N) is 1. The van der Waals surface area contributed by atoms with Crippen LogP contribution in [-0.2, 0) is 33.7 Å². The molecule has 4 heterocycles. The van der Waals surface area contributed by atoms with Crippen LogP contribution in [0.15, 0.2) is 29.3 Å². The highest BCUT2D eigenvalue weighted by Crippen LogP contribution is 2.48. The maximum absolute atomic E-state index is 16.3. The van der Waals surface area contributed by atoms with Crippen LogP contribution >= 0.6 is 0 Å².